The van der Waals surface area contributed by atoms with Crippen molar-refractivity contribution in [2.45, 2.75) is 33.6 Å². The lowest BCUT2D eigenvalue weighted by Gasteiger charge is -2.65. The lowest BCUT2D eigenvalue weighted by molar-refractivity contribution is -0.158. The molecule has 4 atom stereocenters. The van der Waals surface area contributed by atoms with Crippen LogP contribution in [0.15, 0.2) is 12.2 Å². The van der Waals surface area contributed by atoms with E-state index in [1.54, 1.807) is 12.8 Å². The van der Waals surface area contributed by atoms with Gasteiger partial charge in [-0.2, -0.15) is 0 Å². The summed E-state index contributed by atoms with van der Waals surface area (Å²) in [5.41, 5.74) is 1.47. The van der Waals surface area contributed by atoms with E-state index in [4.69, 9.17) is 0 Å². The lowest BCUT2D eigenvalue weighted by Crippen LogP contribution is -2.60. The van der Waals surface area contributed by atoms with E-state index in [9.17, 15) is 0 Å². The minimum absolute atomic E-state index is 0.625. The molecule has 0 heterocycles. The highest BCUT2D eigenvalue weighted by molar-refractivity contribution is 5.34. The molecule has 3 aliphatic carbocycles. The maximum Gasteiger partial charge on any atom is -0.0117 e. The second-order valence-electron chi connectivity index (χ2n) is 5.63. The lowest BCUT2D eigenvalue weighted by atomic mass is 9.39. The molecule has 0 aromatic rings. The Kier molecular flexibility index (Phi) is 0.995. The Morgan fingerprint density at radius 1 is 1.33 bits per heavy atom. The van der Waals surface area contributed by atoms with Crippen LogP contribution in [0, 0.1) is 28.6 Å². The SMILES string of the molecule is CC=CC1C(C)(C)C2CC3CC312. The first kappa shape index (κ1) is 7.17. The Bertz CT molecular complexity index is 255. The zero-order valence-electron chi connectivity index (χ0n) is 8.30. The first-order chi connectivity index (χ1) is 5.64. The van der Waals surface area contributed by atoms with E-state index in [0.29, 0.717) is 5.41 Å². The summed E-state index contributed by atoms with van der Waals surface area (Å²) in [6.45, 7) is 7.08. The van der Waals surface area contributed by atoms with Gasteiger partial charge in [0, 0.05) is 0 Å². The third-order valence-corrected chi connectivity index (χ3v) is 5.03. The monoisotopic (exact) mass is 162 g/mol. The van der Waals surface area contributed by atoms with Crippen molar-refractivity contribution in [3.05, 3.63) is 12.2 Å². The molecule has 4 unspecified atom stereocenters. The van der Waals surface area contributed by atoms with Gasteiger partial charge in [-0.05, 0) is 48.3 Å². The van der Waals surface area contributed by atoms with Crippen LogP contribution in [0.2, 0.25) is 0 Å². The average molecular weight is 162 g/mol. The van der Waals surface area contributed by atoms with Gasteiger partial charge in [-0.25, -0.2) is 0 Å². The summed E-state index contributed by atoms with van der Waals surface area (Å²) in [6, 6.07) is 0. The topological polar surface area (TPSA) is 0 Å². The summed E-state index contributed by atoms with van der Waals surface area (Å²) >= 11 is 0. The predicted molar refractivity (Wildman–Crippen MR) is 50.7 cm³/mol. The summed E-state index contributed by atoms with van der Waals surface area (Å²) in [5, 5.41) is 0. The standard InChI is InChI=1S/C12H18/c1-4-5-9-11(2,3)10-6-8-7-12(8,9)10/h4-5,8-10H,6-7H2,1-3H3. The fourth-order valence-corrected chi connectivity index (χ4v) is 4.47. The van der Waals surface area contributed by atoms with Crippen LogP contribution < -0.4 is 0 Å². The van der Waals surface area contributed by atoms with E-state index >= 15 is 0 Å². The molecule has 0 saturated heterocycles. The highest BCUT2D eigenvalue weighted by Crippen LogP contribution is 2.88. The van der Waals surface area contributed by atoms with Gasteiger partial charge in [-0.3, -0.25) is 0 Å². The molecular weight excluding hydrogens is 144 g/mol. The zero-order chi connectivity index (χ0) is 8.56. The van der Waals surface area contributed by atoms with Crippen molar-refractivity contribution < 1.29 is 0 Å². The van der Waals surface area contributed by atoms with E-state index in [-0.39, 0.29) is 0 Å². The number of allylic oxidation sites excluding steroid dienone is 2. The van der Waals surface area contributed by atoms with Gasteiger partial charge in [0.2, 0.25) is 0 Å². The van der Waals surface area contributed by atoms with Gasteiger partial charge in [-0.15, -0.1) is 0 Å². The van der Waals surface area contributed by atoms with Gasteiger partial charge in [0.1, 0.15) is 0 Å². The van der Waals surface area contributed by atoms with Gasteiger partial charge < -0.3 is 0 Å². The first-order valence-corrected chi connectivity index (χ1v) is 5.27. The molecule has 0 aromatic heterocycles. The first-order valence-electron chi connectivity index (χ1n) is 5.27. The second kappa shape index (κ2) is 1.66. The Hall–Kier alpha value is -0.260. The molecule has 3 aliphatic rings. The summed E-state index contributed by atoms with van der Waals surface area (Å²) < 4.78 is 0. The summed E-state index contributed by atoms with van der Waals surface area (Å²) in [6.07, 6.45) is 7.82. The van der Waals surface area contributed by atoms with E-state index in [1.807, 2.05) is 0 Å². The largest absolute Gasteiger partial charge is 0.0913 e. The van der Waals surface area contributed by atoms with E-state index in [0.717, 1.165) is 23.2 Å². The van der Waals surface area contributed by atoms with E-state index in [1.165, 1.54) is 0 Å². The van der Waals surface area contributed by atoms with Gasteiger partial charge >= 0.3 is 0 Å². The molecule has 12 heavy (non-hydrogen) atoms. The predicted octanol–water partition coefficient (Wildman–Crippen LogP) is 3.24. The Labute approximate surface area is 75.0 Å². The van der Waals surface area contributed by atoms with Gasteiger partial charge in [0.25, 0.3) is 0 Å². The summed E-state index contributed by atoms with van der Waals surface area (Å²) in [7, 11) is 0. The number of hydrogen-bond acceptors (Lipinski definition) is 0. The van der Waals surface area contributed by atoms with Crippen LogP contribution in [0.1, 0.15) is 33.6 Å². The molecule has 0 nitrogen and oxygen atoms in total. The Balaban J connectivity index is 1.92. The third-order valence-electron chi connectivity index (χ3n) is 5.03. The Morgan fingerprint density at radius 3 is 2.58 bits per heavy atom. The van der Waals surface area contributed by atoms with Gasteiger partial charge in [0.15, 0.2) is 0 Å². The molecule has 3 fully saturated rings. The number of hydrogen-bond donors (Lipinski definition) is 0. The maximum atomic E-state index is 2.47. The van der Waals surface area contributed by atoms with Crippen LogP contribution in [0.3, 0.4) is 0 Å². The van der Waals surface area contributed by atoms with Crippen LogP contribution in [0.25, 0.3) is 0 Å². The molecule has 66 valence electrons. The normalized spacial score (nSPS) is 58.4. The molecule has 0 amide bonds. The maximum absolute atomic E-state index is 2.47. The molecule has 0 radical (unpaired) electrons. The van der Waals surface area contributed by atoms with Crippen molar-refractivity contribution in [1.29, 1.82) is 0 Å². The van der Waals surface area contributed by atoms with Crippen LogP contribution in [-0.4, -0.2) is 0 Å². The highest BCUT2D eigenvalue weighted by Gasteiger charge is 2.82. The van der Waals surface area contributed by atoms with Crippen molar-refractivity contribution in [3.63, 3.8) is 0 Å². The molecule has 3 rings (SSSR count). The smallest absolute Gasteiger partial charge is 0.0117 e. The molecule has 0 aromatic carbocycles. The Morgan fingerprint density at radius 2 is 2.08 bits per heavy atom. The molecule has 1 spiro atoms. The fourth-order valence-electron chi connectivity index (χ4n) is 4.47. The summed E-state index contributed by atoms with van der Waals surface area (Å²) in [5.74, 6) is 3.13. The second-order valence-corrected chi connectivity index (χ2v) is 5.63. The summed E-state index contributed by atoms with van der Waals surface area (Å²) in [4.78, 5) is 0. The quantitative estimate of drug-likeness (QED) is 0.519. The van der Waals surface area contributed by atoms with Crippen molar-refractivity contribution >= 4 is 0 Å². The van der Waals surface area contributed by atoms with Crippen molar-refractivity contribution in [3.8, 4) is 0 Å². The molecule has 0 bridgehead atoms. The molecular formula is C12H18. The van der Waals surface area contributed by atoms with Gasteiger partial charge in [-0.1, -0.05) is 26.0 Å². The van der Waals surface area contributed by atoms with Crippen molar-refractivity contribution in [2.24, 2.45) is 28.6 Å². The van der Waals surface area contributed by atoms with Crippen LogP contribution in [0.4, 0.5) is 0 Å². The average Bonchev–Trinajstić information content (AvgIpc) is 2.57. The van der Waals surface area contributed by atoms with E-state index < -0.39 is 0 Å². The van der Waals surface area contributed by atoms with Crippen LogP contribution in [0.5, 0.6) is 0 Å². The van der Waals surface area contributed by atoms with Crippen molar-refractivity contribution in [2.75, 3.05) is 0 Å². The molecule has 3 saturated carbocycles. The minimum atomic E-state index is 0.625. The van der Waals surface area contributed by atoms with Gasteiger partial charge in [0.05, 0.1) is 0 Å². The molecule has 0 aliphatic heterocycles. The molecule has 0 heteroatoms. The fraction of sp³-hybridized carbons (Fsp3) is 0.833. The number of rotatable bonds is 1. The van der Waals surface area contributed by atoms with E-state index in [2.05, 4.69) is 32.9 Å². The zero-order valence-corrected chi connectivity index (χ0v) is 8.30. The van der Waals surface area contributed by atoms with Crippen LogP contribution in [-0.2, 0) is 0 Å². The molecule has 0 N–H and O–H groups in total. The highest BCUT2D eigenvalue weighted by atomic mass is 14.9. The third kappa shape index (κ3) is 0.471. The minimum Gasteiger partial charge on any atom is -0.0913 e. The van der Waals surface area contributed by atoms with Crippen LogP contribution >= 0.6 is 0 Å². The van der Waals surface area contributed by atoms with Crippen molar-refractivity contribution in [1.82, 2.24) is 0 Å².